The van der Waals surface area contributed by atoms with Gasteiger partial charge in [0.05, 0.1) is 19.4 Å². The Balaban J connectivity index is 2.11. The summed E-state index contributed by atoms with van der Waals surface area (Å²) in [5.41, 5.74) is 6.97. The van der Waals surface area contributed by atoms with Crippen LogP contribution in [0.4, 0.5) is 10.2 Å². The Morgan fingerprint density at radius 3 is 2.89 bits per heavy atom. The van der Waals surface area contributed by atoms with Gasteiger partial charge in [-0.25, -0.2) is 4.39 Å². The van der Waals surface area contributed by atoms with Gasteiger partial charge in [-0.2, -0.15) is 5.10 Å². The Morgan fingerprint density at radius 1 is 1.28 bits per heavy atom. The Labute approximate surface area is 103 Å². The monoisotopic (exact) mass is 249 g/mol. The smallest absolute Gasteiger partial charge is 0.197 e. The van der Waals surface area contributed by atoms with Crippen LogP contribution in [-0.2, 0) is 0 Å². The second-order valence-corrected chi connectivity index (χ2v) is 4.03. The van der Waals surface area contributed by atoms with Crippen LogP contribution < -0.4 is 15.2 Å². The van der Waals surface area contributed by atoms with Crippen LogP contribution in [0.5, 0.6) is 11.5 Å². The highest BCUT2D eigenvalue weighted by atomic mass is 19.1. The number of hydrogen-bond donors (Lipinski definition) is 2. The summed E-state index contributed by atoms with van der Waals surface area (Å²) < 4.78 is 24.8. The molecule has 2 heterocycles. The first-order valence-electron chi connectivity index (χ1n) is 5.64. The third-order valence-corrected chi connectivity index (χ3v) is 2.78. The van der Waals surface area contributed by atoms with Crippen LogP contribution >= 0.6 is 0 Å². The number of anilines is 1. The van der Waals surface area contributed by atoms with Crippen molar-refractivity contribution in [1.82, 2.24) is 10.2 Å². The molecule has 0 unspecified atom stereocenters. The van der Waals surface area contributed by atoms with Crippen molar-refractivity contribution in [1.29, 1.82) is 0 Å². The lowest BCUT2D eigenvalue weighted by atomic mass is 10.1. The van der Waals surface area contributed by atoms with E-state index in [2.05, 4.69) is 10.2 Å². The van der Waals surface area contributed by atoms with Crippen molar-refractivity contribution in [2.45, 2.75) is 6.42 Å². The van der Waals surface area contributed by atoms with E-state index in [1.54, 1.807) is 12.3 Å². The fourth-order valence-electron chi connectivity index (χ4n) is 1.91. The maximum atomic E-state index is 14.0. The average molecular weight is 249 g/mol. The summed E-state index contributed by atoms with van der Waals surface area (Å²) in [5, 5.41) is 6.43. The Hall–Kier alpha value is -2.24. The number of rotatable bonds is 1. The molecule has 0 fully saturated rings. The van der Waals surface area contributed by atoms with Gasteiger partial charge in [0, 0.05) is 12.0 Å². The van der Waals surface area contributed by atoms with Crippen molar-refractivity contribution in [3.63, 3.8) is 0 Å². The minimum absolute atomic E-state index is 0.165. The maximum absolute atomic E-state index is 14.0. The van der Waals surface area contributed by atoms with Crippen LogP contribution in [0.25, 0.3) is 11.1 Å². The van der Waals surface area contributed by atoms with E-state index in [0.29, 0.717) is 35.9 Å². The van der Waals surface area contributed by atoms with Crippen molar-refractivity contribution in [3.8, 4) is 22.6 Å². The second kappa shape index (κ2) is 4.21. The largest absolute Gasteiger partial charge is 0.489 e. The number of aromatic nitrogens is 2. The highest BCUT2D eigenvalue weighted by Crippen LogP contribution is 2.37. The summed E-state index contributed by atoms with van der Waals surface area (Å²) in [6.07, 6.45) is 2.28. The van der Waals surface area contributed by atoms with Gasteiger partial charge in [-0.3, -0.25) is 5.10 Å². The van der Waals surface area contributed by atoms with Crippen molar-refractivity contribution in [2.24, 2.45) is 0 Å². The van der Waals surface area contributed by atoms with E-state index in [1.165, 1.54) is 6.07 Å². The van der Waals surface area contributed by atoms with Gasteiger partial charge in [0.2, 0.25) is 0 Å². The summed E-state index contributed by atoms with van der Waals surface area (Å²) >= 11 is 0. The number of nitrogen functional groups attached to an aromatic ring is 1. The maximum Gasteiger partial charge on any atom is 0.197 e. The summed E-state index contributed by atoms with van der Waals surface area (Å²) in [7, 11) is 0. The van der Waals surface area contributed by atoms with Gasteiger partial charge in [0.25, 0.3) is 0 Å². The zero-order valence-electron chi connectivity index (χ0n) is 9.57. The lowest BCUT2D eigenvalue weighted by Gasteiger charge is -2.10. The molecule has 2 aromatic rings. The van der Waals surface area contributed by atoms with Gasteiger partial charge in [0.1, 0.15) is 5.82 Å². The third kappa shape index (κ3) is 1.75. The lowest BCUT2D eigenvalue weighted by Crippen LogP contribution is -1.98. The molecule has 1 aliphatic heterocycles. The standard InChI is InChI=1S/C12H12FN3O2/c13-9-4-7(8-6-15-16-12(8)14)5-10-11(9)18-3-1-2-17-10/h4-6H,1-3H2,(H3,14,15,16). The number of aromatic amines is 1. The topological polar surface area (TPSA) is 73.2 Å². The van der Waals surface area contributed by atoms with Gasteiger partial charge < -0.3 is 15.2 Å². The molecule has 0 aliphatic carbocycles. The summed E-state index contributed by atoms with van der Waals surface area (Å²) in [6.45, 7) is 0.966. The SMILES string of the molecule is Nc1[nH]ncc1-c1cc(F)c2c(c1)OCCCO2. The van der Waals surface area contributed by atoms with Gasteiger partial charge in [-0.1, -0.05) is 0 Å². The first-order chi connectivity index (χ1) is 8.75. The number of ether oxygens (including phenoxy) is 2. The molecule has 1 aromatic heterocycles. The fourth-order valence-corrected chi connectivity index (χ4v) is 1.91. The zero-order chi connectivity index (χ0) is 12.5. The molecule has 3 rings (SSSR count). The first-order valence-corrected chi connectivity index (χ1v) is 5.64. The predicted molar refractivity (Wildman–Crippen MR) is 64.0 cm³/mol. The van der Waals surface area contributed by atoms with Gasteiger partial charge in [-0.05, 0) is 17.7 Å². The van der Waals surface area contributed by atoms with E-state index in [-0.39, 0.29) is 5.75 Å². The molecule has 18 heavy (non-hydrogen) atoms. The number of benzene rings is 1. The van der Waals surface area contributed by atoms with E-state index in [1.807, 2.05) is 0 Å². The van der Waals surface area contributed by atoms with E-state index < -0.39 is 5.82 Å². The highest BCUT2D eigenvalue weighted by Gasteiger charge is 2.18. The van der Waals surface area contributed by atoms with Crippen LogP contribution in [-0.4, -0.2) is 23.4 Å². The zero-order valence-corrected chi connectivity index (χ0v) is 9.57. The van der Waals surface area contributed by atoms with Crippen molar-refractivity contribution in [3.05, 3.63) is 24.1 Å². The van der Waals surface area contributed by atoms with E-state index in [0.717, 1.165) is 6.42 Å². The molecule has 0 radical (unpaired) electrons. The normalized spacial score (nSPS) is 14.3. The number of hydrogen-bond acceptors (Lipinski definition) is 4. The van der Waals surface area contributed by atoms with Gasteiger partial charge in [-0.15, -0.1) is 0 Å². The molecule has 94 valence electrons. The second-order valence-electron chi connectivity index (χ2n) is 4.03. The molecule has 5 nitrogen and oxygen atoms in total. The molecule has 0 atom stereocenters. The molecule has 0 saturated heterocycles. The van der Waals surface area contributed by atoms with Gasteiger partial charge >= 0.3 is 0 Å². The first kappa shape index (κ1) is 10.9. The molecule has 1 aromatic carbocycles. The highest BCUT2D eigenvalue weighted by molar-refractivity contribution is 5.75. The fraction of sp³-hybridized carbons (Fsp3) is 0.250. The van der Waals surface area contributed by atoms with E-state index in [4.69, 9.17) is 15.2 Å². The summed E-state index contributed by atoms with van der Waals surface area (Å²) in [6, 6.07) is 3.08. The van der Waals surface area contributed by atoms with Crippen molar-refractivity contribution < 1.29 is 13.9 Å². The van der Waals surface area contributed by atoms with Crippen LogP contribution in [0.15, 0.2) is 18.3 Å². The number of nitrogens with zero attached hydrogens (tertiary/aromatic N) is 1. The molecular weight excluding hydrogens is 237 g/mol. The molecule has 0 bridgehead atoms. The molecule has 0 spiro atoms. The summed E-state index contributed by atoms with van der Waals surface area (Å²) in [5.74, 6) is 0.510. The number of nitrogens with one attached hydrogen (secondary N) is 1. The van der Waals surface area contributed by atoms with Crippen LogP contribution in [0.1, 0.15) is 6.42 Å². The number of nitrogens with two attached hydrogens (primary N) is 1. The molecular formula is C12H12FN3O2. The number of H-pyrrole nitrogens is 1. The summed E-state index contributed by atoms with van der Waals surface area (Å²) in [4.78, 5) is 0. The molecule has 0 amide bonds. The molecule has 6 heteroatoms. The Kier molecular flexibility index (Phi) is 2.55. The van der Waals surface area contributed by atoms with E-state index in [9.17, 15) is 4.39 Å². The quantitative estimate of drug-likeness (QED) is 0.810. The lowest BCUT2D eigenvalue weighted by molar-refractivity contribution is 0.292. The predicted octanol–water partition coefficient (Wildman–Crippen LogP) is 1.96. The van der Waals surface area contributed by atoms with Crippen LogP contribution in [0.2, 0.25) is 0 Å². The van der Waals surface area contributed by atoms with Crippen LogP contribution in [0, 0.1) is 5.82 Å². The number of fused-ring (bicyclic) bond motifs is 1. The van der Waals surface area contributed by atoms with Crippen molar-refractivity contribution >= 4 is 5.82 Å². The minimum atomic E-state index is -0.454. The third-order valence-electron chi connectivity index (χ3n) is 2.78. The van der Waals surface area contributed by atoms with E-state index >= 15 is 0 Å². The molecule has 3 N–H and O–H groups in total. The van der Waals surface area contributed by atoms with Crippen molar-refractivity contribution in [2.75, 3.05) is 18.9 Å². The minimum Gasteiger partial charge on any atom is -0.489 e. The average Bonchev–Trinajstić information content (AvgIpc) is 2.63. The molecule has 0 saturated carbocycles. The Bertz CT molecular complexity index is 583. The Morgan fingerprint density at radius 2 is 2.11 bits per heavy atom. The number of halogens is 1. The van der Waals surface area contributed by atoms with Crippen LogP contribution in [0.3, 0.4) is 0 Å². The van der Waals surface area contributed by atoms with Gasteiger partial charge in [0.15, 0.2) is 17.3 Å². The molecule has 1 aliphatic rings.